The van der Waals surface area contributed by atoms with Gasteiger partial charge in [0.25, 0.3) is 5.91 Å². The third kappa shape index (κ3) is 3.93. The number of nitrogens with zero attached hydrogens (tertiary/aromatic N) is 4. The smallest absolute Gasteiger partial charge is 0.332 e. The largest absolute Gasteiger partial charge is 0.417 e. The van der Waals surface area contributed by atoms with Crippen LogP contribution in [0.2, 0.25) is 0 Å². The van der Waals surface area contributed by atoms with Gasteiger partial charge in [0.1, 0.15) is 5.82 Å². The maximum absolute atomic E-state index is 15.1. The Morgan fingerprint density at radius 2 is 1.85 bits per heavy atom. The zero-order valence-electron chi connectivity index (χ0n) is 18.4. The van der Waals surface area contributed by atoms with Crippen molar-refractivity contribution in [2.45, 2.75) is 50.9 Å². The Morgan fingerprint density at radius 1 is 1.09 bits per heavy atom. The van der Waals surface area contributed by atoms with Crippen LogP contribution in [-0.4, -0.2) is 37.8 Å². The number of hydrogen-bond donors (Lipinski definition) is 0. The molecule has 2 fully saturated rings. The third-order valence-electron chi connectivity index (χ3n) is 6.88. The van der Waals surface area contributed by atoms with Crippen LogP contribution in [0.5, 0.6) is 0 Å². The summed E-state index contributed by atoms with van der Waals surface area (Å²) < 4.78 is 53.7. The lowest BCUT2D eigenvalue weighted by Crippen LogP contribution is -2.37. The second-order valence-corrected chi connectivity index (χ2v) is 8.94. The van der Waals surface area contributed by atoms with E-state index in [4.69, 9.17) is 0 Å². The molecule has 34 heavy (non-hydrogen) atoms. The Bertz CT molecular complexity index is 1210. The molecular formula is C25H22F4N4O. The van der Waals surface area contributed by atoms with E-state index in [1.807, 2.05) is 4.90 Å². The fraction of sp³-hybridized carbons (Fsp3) is 0.360. The lowest BCUT2D eigenvalue weighted by atomic mass is 9.86. The van der Waals surface area contributed by atoms with E-state index in [-0.39, 0.29) is 40.9 Å². The highest BCUT2D eigenvalue weighted by atomic mass is 19.4. The van der Waals surface area contributed by atoms with E-state index in [0.717, 1.165) is 31.5 Å². The molecular weight excluding hydrogens is 448 g/mol. The van der Waals surface area contributed by atoms with Crippen molar-refractivity contribution >= 4 is 5.91 Å². The normalized spacial score (nSPS) is 21.8. The number of alkyl halides is 3. The van der Waals surface area contributed by atoms with Gasteiger partial charge < -0.3 is 4.90 Å². The predicted octanol–water partition coefficient (Wildman–Crippen LogP) is 5.24. The Morgan fingerprint density at radius 3 is 2.53 bits per heavy atom. The molecule has 5 rings (SSSR count). The maximum Gasteiger partial charge on any atom is 0.417 e. The number of carbonyl (C=O) groups is 1. The predicted molar refractivity (Wildman–Crippen MR) is 116 cm³/mol. The highest BCUT2D eigenvalue weighted by molar-refractivity contribution is 6.01. The van der Waals surface area contributed by atoms with Gasteiger partial charge in [-0.25, -0.2) is 14.4 Å². The highest BCUT2D eigenvalue weighted by Gasteiger charge is 2.49. The molecule has 2 saturated heterocycles. The van der Waals surface area contributed by atoms with Gasteiger partial charge >= 0.3 is 6.18 Å². The number of halogens is 4. The molecule has 1 aromatic carbocycles. The van der Waals surface area contributed by atoms with Crippen LogP contribution in [0.3, 0.4) is 0 Å². The number of aryl methyl sites for hydroxylation is 1. The van der Waals surface area contributed by atoms with Crippen LogP contribution >= 0.6 is 0 Å². The van der Waals surface area contributed by atoms with Crippen molar-refractivity contribution in [3.8, 4) is 11.4 Å². The van der Waals surface area contributed by atoms with Crippen molar-refractivity contribution in [1.29, 1.82) is 0 Å². The minimum Gasteiger partial charge on any atom is -0.332 e. The van der Waals surface area contributed by atoms with Gasteiger partial charge in [0, 0.05) is 36.4 Å². The van der Waals surface area contributed by atoms with E-state index in [1.165, 1.54) is 18.5 Å². The summed E-state index contributed by atoms with van der Waals surface area (Å²) in [5, 5.41) is 0. The van der Waals surface area contributed by atoms with Crippen LogP contribution in [0.15, 0.2) is 48.9 Å². The molecule has 0 radical (unpaired) electrons. The molecule has 0 saturated carbocycles. The summed E-state index contributed by atoms with van der Waals surface area (Å²) in [7, 11) is 0. The molecule has 2 aliphatic rings. The first kappa shape index (κ1) is 22.4. The lowest BCUT2D eigenvalue weighted by Gasteiger charge is -2.25. The van der Waals surface area contributed by atoms with E-state index in [9.17, 15) is 18.0 Å². The number of aromatic nitrogens is 3. The monoisotopic (exact) mass is 470 g/mol. The van der Waals surface area contributed by atoms with Gasteiger partial charge in [0.05, 0.1) is 16.7 Å². The van der Waals surface area contributed by atoms with Gasteiger partial charge in [-0.2, -0.15) is 13.2 Å². The van der Waals surface area contributed by atoms with Crippen LogP contribution in [-0.2, 0) is 12.6 Å². The molecule has 5 nitrogen and oxygen atoms in total. The lowest BCUT2D eigenvalue weighted by molar-refractivity contribution is -0.137. The minimum absolute atomic E-state index is 0.00542. The topological polar surface area (TPSA) is 59.0 Å². The summed E-state index contributed by atoms with van der Waals surface area (Å²) in [4.78, 5) is 27.8. The third-order valence-corrected chi connectivity index (χ3v) is 6.88. The molecule has 176 valence electrons. The van der Waals surface area contributed by atoms with Gasteiger partial charge in [-0.15, -0.1) is 0 Å². The number of rotatable bonds is 4. The standard InChI is InChI=1S/C25H22F4N4O/c1-14-3-7-19(21(22(14)26)23-30-9-2-10-31-23)24(34)33-18-6-8-20(33)15(12-18)11-17-5-4-16(13-32-17)25(27,28)29/h2-5,7,9-10,13,15,18,20H,6,8,11-12H2,1H3. The van der Waals surface area contributed by atoms with Crippen molar-refractivity contribution in [2.75, 3.05) is 0 Å². The van der Waals surface area contributed by atoms with Crippen LogP contribution in [0.1, 0.15) is 46.4 Å². The number of amides is 1. The molecule has 2 bridgehead atoms. The van der Waals surface area contributed by atoms with Crippen LogP contribution < -0.4 is 0 Å². The molecule has 3 unspecified atom stereocenters. The molecule has 1 amide bonds. The van der Waals surface area contributed by atoms with Crippen molar-refractivity contribution in [3.05, 3.63) is 77.1 Å². The number of pyridine rings is 1. The van der Waals surface area contributed by atoms with Gasteiger partial charge in [-0.1, -0.05) is 6.07 Å². The summed E-state index contributed by atoms with van der Waals surface area (Å²) in [5.74, 6) is -0.548. The summed E-state index contributed by atoms with van der Waals surface area (Å²) >= 11 is 0. The molecule has 4 heterocycles. The van der Waals surface area contributed by atoms with E-state index >= 15 is 4.39 Å². The van der Waals surface area contributed by atoms with E-state index in [2.05, 4.69) is 15.0 Å². The second-order valence-electron chi connectivity index (χ2n) is 8.94. The zero-order valence-corrected chi connectivity index (χ0v) is 18.4. The molecule has 3 atom stereocenters. The first-order valence-electron chi connectivity index (χ1n) is 11.2. The molecule has 2 aromatic heterocycles. The van der Waals surface area contributed by atoms with Gasteiger partial charge in [-0.05, 0) is 68.4 Å². The minimum atomic E-state index is -4.43. The average Bonchev–Trinajstić information content (AvgIpc) is 3.38. The highest BCUT2D eigenvalue weighted by Crippen LogP contribution is 2.44. The number of carbonyl (C=O) groups excluding carboxylic acids is 1. The molecule has 0 aliphatic carbocycles. The summed E-state index contributed by atoms with van der Waals surface area (Å²) in [5.41, 5.74) is 0.503. The number of fused-ring (bicyclic) bond motifs is 2. The molecule has 0 spiro atoms. The maximum atomic E-state index is 15.1. The quantitative estimate of drug-likeness (QED) is 0.490. The average molecular weight is 470 g/mol. The van der Waals surface area contributed by atoms with E-state index in [0.29, 0.717) is 17.7 Å². The molecule has 9 heteroatoms. The number of benzene rings is 1. The van der Waals surface area contributed by atoms with Crippen LogP contribution in [0, 0.1) is 18.7 Å². The SMILES string of the molecule is Cc1ccc(C(=O)N2C3CCC2C(Cc2ccc(C(F)(F)F)cn2)C3)c(-c2ncccn2)c1F. The Kier molecular flexibility index (Phi) is 5.58. The summed E-state index contributed by atoms with van der Waals surface area (Å²) in [6.45, 7) is 1.63. The zero-order chi connectivity index (χ0) is 24.0. The van der Waals surface area contributed by atoms with Gasteiger partial charge in [0.15, 0.2) is 5.82 Å². The fourth-order valence-corrected chi connectivity index (χ4v) is 5.27. The van der Waals surface area contributed by atoms with Crippen molar-refractivity contribution in [1.82, 2.24) is 19.9 Å². The van der Waals surface area contributed by atoms with Crippen molar-refractivity contribution < 1.29 is 22.4 Å². The summed E-state index contributed by atoms with van der Waals surface area (Å²) in [6, 6.07) is 7.20. The van der Waals surface area contributed by atoms with Gasteiger partial charge in [-0.3, -0.25) is 9.78 Å². The first-order chi connectivity index (χ1) is 16.2. The molecule has 2 aliphatic heterocycles. The second kappa shape index (κ2) is 8.45. The van der Waals surface area contributed by atoms with Crippen molar-refractivity contribution in [3.63, 3.8) is 0 Å². The fourth-order valence-electron chi connectivity index (χ4n) is 5.27. The Balaban J connectivity index is 1.41. The first-order valence-corrected chi connectivity index (χ1v) is 11.2. The van der Waals surface area contributed by atoms with Gasteiger partial charge in [0.2, 0.25) is 0 Å². The molecule has 0 N–H and O–H groups in total. The molecule has 3 aromatic rings. The number of hydrogen-bond acceptors (Lipinski definition) is 4. The van der Waals surface area contributed by atoms with E-state index in [1.54, 1.807) is 25.1 Å². The van der Waals surface area contributed by atoms with Crippen LogP contribution in [0.25, 0.3) is 11.4 Å². The summed E-state index contributed by atoms with van der Waals surface area (Å²) in [6.07, 6.45) is 2.31. The Labute approximate surface area is 193 Å². The van der Waals surface area contributed by atoms with Crippen LogP contribution in [0.4, 0.5) is 17.6 Å². The van der Waals surface area contributed by atoms with E-state index < -0.39 is 17.6 Å². The van der Waals surface area contributed by atoms with Crippen molar-refractivity contribution in [2.24, 2.45) is 5.92 Å². The Hall–Kier alpha value is -3.36.